The average molecular weight is 174 g/mol. The van der Waals surface area contributed by atoms with Crippen LogP contribution in [0, 0.1) is 13.8 Å². The van der Waals surface area contributed by atoms with E-state index in [9.17, 15) is 4.79 Å². The Morgan fingerprint density at radius 2 is 2.23 bits per heavy atom. The van der Waals surface area contributed by atoms with E-state index in [-0.39, 0.29) is 0 Å². The minimum Gasteiger partial charge on any atom is -0.346 e. The molecule has 0 spiro atoms. The first-order chi connectivity index (χ1) is 6.24. The van der Waals surface area contributed by atoms with E-state index in [1.165, 1.54) is 0 Å². The molecule has 1 N–H and O–H groups in total. The molecule has 2 aromatic rings. The Morgan fingerprint density at radius 3 is 2.92 bits per heavy atom. The molecule has 0 radical (unpaired) electrons. The highest BCUT2D eigenvalue weighted by Crippen LogP contribution is 2.21. The second-order valence-corrected chi connectivity index (χ2v) is 3.15. The Labute approximate surface area is 75.8 Å². The summed E-state index contributed by atoms with van der Waals surface area (Å²) in [5.41, 5.74) is 3.64. The zero-order valence-corrected chi connectivity index (χ0v) is 7.59. The quantitative estimate of drug-likeness (QED) is 0.672. The Hall–Kier alpha value is -1.64. The molecule has 0 fully saturated rings. The number of carbonyl (C=O) groups excluding carboxylic acids is 1. The molecule has 0 saturated heterocycles. The normalized spacial score (nSPS) is 10.6. The monoisotopic (exact) mass is 174 g/mol. The molecule has 0 aliphatic heterocycles. The highest BCUT2D eigenvalue weighted by Gasteiger charge is 2.07. The first kappa shape index (κ1) is 7.98. The van der Waals surface area contributed by atoms with E-state index in [1.807, 2.05) is 20.0 Å². The maximum atomic E-state index is 10.7. The second-order valence-electron chi connectivity index (χ2n) is 3.15. The summed E-state index contributed by atoms with van der Waals surface area (Å²) in [6.45, 7) is 3.94. The van der Waals surface area contributed by atoms with Crippen LogP contribution in [0.25, 0.3) is 11.0 Å². The molecule has 2 rings (SSSR count). The summed E-state index contributed by atoms with van der Waals surface area (Å²) in [6.07, 6.45) is 4.34. The molecule has 3 nitrogen and oxygen atoms in total. The zero-order chi connectivity index (χ0) is 9.42. The zero-order valence-electron chi connectivity index (χ0n) is 7.59. The SMILES string of the molecule is Cc1c[nH]c2ncc(C=O)c(C)c12. The van der Waals surface area contributed by atoms with Crippen molar-refractivity contribution in [1.82, 2.24) is 9.97 Å². The first-order valence-electron chi connectivity index (χ1n) is 4.12. The highest BCUT2D eigenvalue weighted by atomic mass is 16.1. The molecule has 3 heteroatoms. The van der Waals surface area contributed by atoms with Crippen molar-refractivity contribution in [2.24, 2.45) is 0 Å². The van der Waals surface area contributed by atoms with Crippen LogP contribution in [-0.2, 0) is 0 Å². The van der Waals surface area contributed by atoms with Crippen molar-refractivity contribution in [2.45, 2.75) is 13.8 Å². The van der Waals surface area contributed by atoms with Crippen LogP contribution < -0.4 is 0 Å². The molecule has 13 heavy (non-hydrogen) atoms. The van der Waals surface area contributed by atoms with Crippen LogP contribution >= 0.6 is 0 Å². The van der Waals surface area contributed by atoms with Crippen LogP contribution in [0.3, 0.4) is 0 Å². The number of aromatic amines is 1. The average Bonchev–Trinajstić information content (AvgIpc) is 2.49. The second kappa shape index (κ2) is 2.69. The number of aldehydes is 1. The number of rotatable bonds is 1. The summed E-state index contributed by atoms with van der Waals surface area (Å²) < 4.78 is 0. The lowest BCUT2D eigenvalue weighted by atomic mass is 10.1. The topological polar surface area (TPSA) is 45.8 Å². The summed E-state index contributed by atoms with van der Waals surface area (Å²) in [7, 11) is 0. The Morgan fingerprint density at radius 1 is 1.46 bits per heavy atom. The van der Waals surface area contributed by atoms with Crippen LogP contribution in [0.5, 0.6) is 0 Å². The fourth-order valence-corrected chi connectivity index (χ4v) is 1.58. The number of aryl methyl sites for hydroxylation is 2. The van der Waals surface area contributed by atoms with Crippen molar-refractivity contribution in [3.8, 4) is 0 Å². The van der Waals surface area contributed by atoms with E-state index in [4.69, 9.17) is 0 Å². The smallest absolute Gasteiger partial charge is 0.151 e. The largest absolute Gasteiger partial charge is 0.346 e. The maximum absolute atomic E-state index is 10.7. The lowest BCUT2D eigenvalue weighted by Crippen LogP contribution is -1.90. The predicted octanol–water partition coefficient (Wildman–Crippen LogP) is 1.99. The molecule has 2 aromatic heterocycles. The number of carbonyl (C=O) groups is 1. The number of H-pyrrole nitrogens is 1. The van der Waals surface area contributed by atoms with Gasteiger partial charge in [-0.05, 0) is 25.0 Å². The van der Waals surface area contributed by atoms with Crippen LogP contribution in [0.15, 0.2) is 12.4 Å². The van der Waals surface area contributed by atoms with E-state index in [1.54, 1.807) is 6.20 Å². The van der Waals surface area contributed by atoms with Gasteiger partial charge >= 0.3 is 0 Å². The van der Waals surface area contributed by atoms with E-state index >= 15 is 0 Å². The molecule has 2 heterocycles. The van der Waals surface area contributed by atoms with Gasteiger partial charge in [-0.15, -0.1) is 0 Å². The van der Waals surface area contributed by atoms with Crippen molar-refractivity contribution >= 4 is 17.3 Å². The third-order valence-electron chi connectivity index (χ3n) is 2.32. The molecule has 0 aliphatic rings. The van der Waals surface area contributed by atoms with Gasteiger partial charge in [0.05, 0.1) is 0 Å². The lowest BCUT2D eigenvalue weighted by Gasteiger charge is -1.99. The van der Waals surface area contributed by atoms with Gasteiger partial charge in [-0.3, -0.25) is 4.79 Å². The van der Waals surface area contributed by atoms with Gasteiger partial charge in [0.15, 0.2) is 6.29 Å². The Balaban J connectivity index is 2.91. The molecular formula is C10H10N2O. The number of hydrogen-bond donors (Lipinski definition) is 1. The molecule has 66 valence electrons. The summed E-state index contributed by atoms with van der Waals surface area (Å²) >= 11 is 0. The van der Waals surface area contributed by atoms with Gasteiger partial charge in [0, 0.05) is 23.3 Å². The fraction of sp³-hybridized carbons (Fsp3) is 0.200. The Kier molecular flexibility index (Phi) is 1.65. The van der Waals surface area contributed by atoms with Crippen LogP contribution in [0.2, 0.25) is 0 Å². The standard InChI is InChI=1S/C10H10N2O/c1-6-3-11-10-9(6)7(2)8(5-13)4-12-10/h3-5H,1-2H3,(H,11,12). The van der Waals surface area contributed by atoms with Gasteiger partial charge < -0.3 is 4.98 Å². The molecule has 0 aromatic carbocycles. The van der Waals surface area contributed by atoms with Crippen LogP contribution in [0.1, 0.15) is 21.5 Å². The number of pyridine rings is 1. The fourth-order valence-electron chi connectivity index (χ4n) is 1.58. The van der Waals surface area contributed by atoms with Gasteiger partial charge in [0.2, 0.25) is 0 Å². The van der Waals surface area contributed by atoms with Crippen molar-refractivity contribution < 1.29 is 4.79 Å². The number of hydrogen-bond acceptors (Lipinski definition) is 2. The summed E-state index contributed by atoms with van der Waals surface area (Å²) in [4.78, 5) is 17.9. The summed E-state index contributed by atoms with van der Waals surface area (Å²) in [5, 5.41) is 1.06. The molecular weight excluding hydrogens is 164 g/mol. The first-order valence-corrected chi connectivity index (χ1v) is 4.12. The molecule has 0 unspecified atom stereocenters. The van der Waals surface area contributed by atoms with E-state index < -0.39 is 0 Å². The van der Waals surface area contributed by atoms with Gasteiger partial charge in [-0.2, -0.15) is 0 Å². The van der Waals surface area contributed by atoms with Crippen LogP contribution in [0.4, 0.5) is 0 Å². The number of nitrogens with one attached hydrogen (secondary N) is 1. The minimum absolute atomic E-state index is 0.662. The van der Waals surface area contributed by atoms with Gasteiger partial charge in [-0.25, -0.2) is 4.98 Å². The number of nitrogens with zero attached hydrogens (tertiary/aromatic N) is 1. The summed E-state index contributed by atoms with van der Waals surface area (Å²) in [6, 6.07) is 0. The van der Waals surface area contributed by atoms with E-state index in [0.29, 0.717) is 5.56 Å². The molecule has 0 bridgehead atoms. The van der Waals surface area contributed by atoms with Crippen molar-refractivity contribution in [3.05, 3.63) is 29.1 Å². The number of fused-ring (bicyclic) bond motifs is 1. The van der Waals surface area contributed by atoms with Gasteiger partial charge in [-0.1, -0.05) is 0 Å². The van der Waals surface area contributed by atoms with E-state index in [0.717, 1.165) is 28.4 Å². The van der Waals surface area contributed by atoms with Crippen molar-refractivity contribution in [3.63, 3.8) is 0 Å². The predicted molar refractivity (Wildman–Crippen MR) is 51.0 cm³/mol. The van der Waals surface area contributed by atoms with Gasteiger partial charge in [0.1, 0.15) is 5.65 Å². The Bertz CT molecular complexity index is 471. The van der Waals surface area contributed by atoms with Crippen molar-refractivity contribution in [2.75, 3.05) is 0 Å². The molecule has 0 atom stereocenters. The van der Waals surface area contributed by atoms with Crippen molar-refractivity contribution in [1.29, 1.82) is 0 Å². The molecule has 0 aliphatic carbocycles. The maximum Gasteiger partial charge on any atom is 0.151 e. The third-order valence-corrected chi connectivity index (χ3v) is 2.32. The van der Waals surface area contributed by atoms with E-state index in [2.05, 4.69) is 9.97 Å². The molecule has 0 saturated carbocycles. The number of aromatic nitrogens is 2. The van der Waals surface area contributed by atoms with Crippen LogP contribution in [-0.4, -0.2) is 16.3 Å². The third kappa shape index (κ3) is 1.04. The highest BCUT2D eigenvalue weighted by molar-refractivity contribution is 5.90. The minimum atomic E-state index is 0.662. The lowest BCUT2D eigenvalue weighted by molar-refractivity contribution is 0.112. The van der Waals surface area contributed by atoms with Gasteiger partial charge in [0.25, 0.3) is 0 Å². The summed E-state index contributed by atoms with van der Waals surface area (Å²) in [5.74, 6) is 0. The molecule has 0 amide bonds.